The number of nitrogens with zero attached hydrogens (tertiary/aromatic N) is 1. The van der Waals surface area contributed by atoms with E-state index in [1.54, 1.807) is 13.0 Å². The van der Waals surface area contributed by atoms with Gasteiger partial charge >= 0.3 is 0 Å². The maximum absolute atomic E-state index is 10.7. The summed E-state index contributed by atoms with van der Waals surface area (Å²) in [5, 5.41) is 0.341. The van der Waals surface area contributed by atoms with Gasteiger partial charge in [-0.3, -0.25) is 4.79 Å². The van der Waals surface area contributed by atoms with E-state index in [1.807, 2.05) is 0 Å². The van der Waals surface area contributed by atoms with E-state index in [1.165, 1.54) is 11.8 Å². The zero-order valence-corrected chi connectivity index (χ0v) is 5.73. The van der Waals surface area contributed by atoms with Crippen LogP contribution in [0, 0.1) is 0 Å². The molecular formula is C5H6N2OS. The second-order valence-electron chi connectivity index (χ2n) is 1.51. The summed E-state index contributed by atoms with van der Waals surface area (Å²) in [4.78, 5) is 14.8. The van der Waals surface area contributed by atoms with Crippen molar-refractivity contribution in [2.45, 2.75) is 6.92 Å². The molecule has 0 radical (unpaired) electrons. The first-order valence-corrected chi connectivity index (χ1v) is 3.28. The van der Waals surface area contributed by atoms with Crippen molar-refractivity contribution in [1.82, 2.24) is 0 Å². The normalized spacial score (nSPS) is 23.0. The zero-order valence-electron chi connectivity index (χ0n) is 4.92. The lowest BCUT2D eigenvalue weighted by Crippen LogP contribution is -2.01. The van der Waals surface area contributed by atoms with E-state index in [0.29, 0.717) is 10.1 Å². The molecule has 2 N–H and O–H groups in total. The summed E-state index contributed by atoms with van der Waals surface area (Å²) in [5.74, 6) is -0.222. The van der Waals surface area contributed by atoms with Crippen molar-refractivity contribution in [3.8, 4) is 0 Å². The van der Waals surface area contributed by atoms with E-state index in [-0.39, 0.29) is 5.91 Å². The van der Waals surface area contributed by atoms with E-state index in [4.69, 9.17) is 5.73 Å². The predicted molar refractivity (Wildman–Crippen MR) is 38.0 cm³/mol. The molecule has 0 unspecified atom stereocenters. The third kappa shape index (κ3) is 1.13. The summed E-state index contributed by atoms with van der Waals surface area (Å²) in [6.07, 6.45) is 1.70. The quantitative estimate of drug-likeness (QED) is 0.500. The van der Waals surface area contributed by atoms with Crippen molar-refractivity contribution in [1.29, 1.82) is 0 Å². The molecule has 0 atom stereocenters. The van der Waals surface area contributed by atoms with Gasteiger partial charge < -0.3 is 5.73 Å². The van der Waals surface area contributed by atoms with Crippen molar-refractivity contribution in [3.63, 3.8) is 0 Å². The molecule has 0 bridgehead atoms. The first kappa shape index (κ1) is 6.35. The summed E-state index contributed by atoms with van der Waals surface area (Å²) < 4.78 is 0. The van der Waals surface area contributed by atoms with Crippen molar-refractivity contribution in [3.05, 3.63) is 11.0 Å². The fourth-order valence-corrected chi connectivity index (χ4v) is 1.12. The average Bonchev–Trinajstić information content (AvgIpc) is 2.10. The maximum atomic E-state index is 10.7. The Balaban J connectivity index is 2.84. The number of thioether (sulfide) groups is 1. The lowest BCUT2D eigenvalue weighted by atomic mass is 10.5. The molecule has 9 heavy (non-hydrogen) atoms. The molecule has 0 aliphatic carbocycles. The smallest absolute Gasteiger partial charge is 0.285 e. The van der Waals surface area contributed by atoms with Gasteiger partial charge in [0.05, 0.1) is 4.91 Å². The lowest BCUT2D eigenvalue weighted by molar-refractivity contribution is -0.113. The summed E-state index contributed by atoms with van der Waals surface area (Å²) >= 11 is 1.21. The van der Waals surface area contributed by atoms with Gasteiger partial charge in [0, 0.05) is 0 Å². The number of hydrogen-bond acceptors (Lipinski definition) is 3. The summed E-state index contributed by atoms with van der Waals surface area (Å²) in [6.45, 7) is 1.79. The minimum Gasteiger partial charge on any atom is -0.378 e. The summed E-state index contributed by atoms with van der Waals surface area (Å²) in [6, 6.07) is 0. The van der Waals surface area contributed by atoms with Gasteiger partial charge in [-0.25, -0.2) is 0 Å². The van der Waals surface area contributed by atoms with Crippen molar-refractivity contribution in [2.75, 3.05) is 0 Å². The predicted octanol–water partition coefficient (Wildman–Crippen LogP) is 0.478. The molecule has 0 spiro atoms. The molecule has 48 valence electrons. The van der Waals surface area contributed by atoms with Crippen LogP contribution in [0.5, 0.6) is 0 Å². The number of amidine groups is 1. The number of amides is 1. The molecular weight excluding hydrogens is 136 g/mol. The second-order valence-corrected chi connectivity index (χ2v) is 2.57. The summed E-state index contributed by atoms with van der Waals surface area (Å²) in [7, 11) is 0. The van der Waals surface area contributed by atoms with Crippen LogP contribution in [-0.4, -0.2) is 11.1 Å². The number of aliphatic imine (C=N–C) groups is 1. The molecule has 0 aromatic carbocycles. The fraction of sp³-hybridized carbons (Fsp3) is 0.200. The van der Waals surface area contributed by atoms with Crippen molar-refractivity contribution >= 4 is 22.8 Å². The first-order chi connectivity index (χ1) is 4.24. The SMILES string of the molecule is CC=C1SC(N)=NC1=O. The molecule has 3 nitrogen and oxygen atoms in total. The van der Waals surface area contributed by atoms with E-state index in [0.717, 1.165) is 0 Å². The number of hydrogen-bond donors (Lipinski definition) is 1. The molecule has 1 amide bonds. The minimum absolute atomic E-state index is 0.222. The molecule has 0 fully saturated rings. The highest BCUT2D eigenvalue weighted by atomic mass is 32.2. The van der Waals surface area contributed by atoms with Gasteiger partial charge in [0.15, 0.2) is 5.17 Å². The largest absolute Gasteiger partial charge is 0.378 e. The highest BCUT2D eigenvalue weighted by Crippen LogP contribution is 2.22. The van der Waals surface area contributed by atoms with E-state index < -0.39 is 0 Å². The lowest BCUT2D eigenvalue weighted by Gasteiger charge is -1.84. The van der Waals surface area contributed by atoms with E-state index in [9.17, 15) is 4.79 Å². The van der Waals surface area contributed by atoms with Crippen LogP contribution in [0.15, 0.2) is 16.0 Å². The Morgan fingerprint density at radius 2 is 2.44 bits per heavy atom. The molecule has 1 rings (SSSR count). The number of rotatable bonds is 0. The molecule has 0 aromatic heterocycles. The third-order valence-electron chi connectivity index (χ3n) is 0.899. The summed E-state index contributed by atoms with van der Waals surface area (Å²) in [5.41, 5.74) is 5.24. The first-order valence-electron chi connectivity index (χ1n) is 2.46. The van der Waals surface area contributed by atoms with Gasteiger partial charge in [-0.2, -0.15) is 4.99 Å². The maximum Gasteiger partial charge on any atom is 0.285 e. The van der Waals surface area contributed by atoms with Crippen LogP contribution in [0.3, 0.4) is 0 Å². The third-order valence-corrected chi connectivity index (χ3v) is 1.83. The Labute approximate surface area is 57.0 Å². The van der Waals surface area contributed by atoms with Gasteiger partial charge in [-0.05, 0) is 18.7 Å². The van der Waals surface area contributed by atoms with Crippen LogP contribution in [0.25, 0.3) is 0 Å². The standard InChI is InChI=1S/C5H6N2OS/c1-2-3-4(8)7-5(6)9-3/h2H,1H3,(H2,6,7,8). The molecule has 0 aromatic rings. The number of allylic oxidation sites excluding steroid dienone is 1. The highest BCUT2D eigenvalue weighted by molar-refractivity contribution is 8.18. The Hall–Kier alpha value is -0.770. The molecule has 0 saturated heterocycles. The number of carbonyl (C=O) groups excluding carboxylic acids is 1. The fourth-order valence-electron chi connectivity index (χ4n) is 0.517. The molecule has 1 heterocycles. The number of carbonyl (C=O) groups is 1. The van der Waals surface area contributed by atoms with E-state index in [2.05, 4.69) is 4.99 Å². The van der Waals surface area contributed by atoms with Gasteiger partial charge in [-0.1, -0.05) is 6.08 Å². The van der Waals surface area contributed by atoms with Crippen LogP contribution in [0.1, 0.15) is 6.92 Å². The number of nitrogens with two attached hydrogens (primary N) is 1. The topological polar surface area (TPSA) is 55.4 Å². The van der Waals surface area contributed by atoms with Crippen molar-refractivity contribution in [2.24, 2.45) is 10.7 Å². The van der Waals surface area contributed by atoms with Crippen LogP contribution in [0.2, 0.25) is 0 Å². The van der Waals surface area contributed by atoms with Gasteiger partial charge in [0.1, 0.15) is 0 Å². The van der Waals surface area contributed by atoms with Crippen LogP contribution in [-0.2, 0) is 4.79 Å². The van der Waals surface area contributed by atoms with E-state index >= 15 is 0 Å². The van der Waals surface area contributed by atoms with Gasteiger partial charge in [0.25, 0.3) is 5.91 Å². The Morgan fingerprint density at radius 1 is 1.78 bits per heavy atom. The van der Waals surface area contributed by atoms with Crippen LogP contribution in [0.4, 0.5) is 0 Å². The second kappa shape index (κ2) is 2.23. The highest BCUT2D eigenvalue weighted by Gasteiger charge is 2.17. The average molecular weight is 142 g/mol. The van der Waals surface area contributed by atoms with Gasteiger partial charge in [0.2, 0.25) is 0 Å². The Bertz CT molecular complexity index is 207. The van der Waals surface area contributed by atoms with Crippen LogP contribution < -0.4 is 5.73 Å². The zero-order chi connectivity index (χ0) is 6.85. The van der Waals surface area contributed by atoms with Crippen LogP contribution >= 0.6 is 11.8 Å². The Kier molecular flexibility index (Phi) is 1.57. The van der Waals surface area contributed by atoms with Gasteiger partial charge in [-0.15, -0.1) is 0 Å². The molecule has 1 aliphatic heterocycles. The van der Waals surface area contributed by atoms with Crippen molar-refractivity contribution < 1.29 is 4.79 Å². The minimum atomic E-state index is -0.222. The molecule has 1 aliphatic rings. The Morgan fingerprint density at radius 3 is 2.67 bits per heavy atom. The monoisotopic (exact) mass is 142 g/mol. The molecule has 4 heteroatoms. The molecule has 0 saturated carbocycles.